The number of benzene rings is 1. The number of sulfonamides is 1. The van der Waals surface area contributed by atoms with Gasteiger partial charge in [-0.3, -0.25) is 9.59 Å². The molecule has 0 N–H and O–H groups in total. The van der Waals surface area contributed by atoms with Crippen molar-refractivity contribution in [2.24, 2.45) is 0 Å². The minimum Gasteiger partial charge on any atom is -0.347 e. The number of hydrogen-bond donors (Lipinski definition) is 0. The molecule has 1 aromatic carbocycles. The normalized spacial score (nSPS) is 15.3. The number of rotatable bonds is 5. The third-order valence-electron chi connectivity index (χ3n) is 4.00. The Kier molecular flexibility index (Phi) is 5.61. The number of carbonyl (C=O) groups excluding carboxylic acids is 2. The van der Waals surface area contributed by atoms with E-state index in [4.69, 9.17) is 0 Å². The maximum Gasteiger partial charge on any atom is 0.254 e. The number of hydrogen-bond acceptors (Lipinski definition) is 4. The smallest absolute Gasteiger partial charge is 0.254 e. The van der Waals surface area contributed by atoms with E-state index < -0.39 is 10.0 Å². The van der Waals surface area contributed by atoms with Crippen LogP contribution >= 0.6 is 0 Å². The Morgan fingerprint density at radius 1 is 1.12 bits per heavy atom. The van der Waals surface area contributed by atoms with Crippen molar-refractivity contribution >= 4 is 21.8 Å². The SMILES string of the molecule is CN(C)C(=O)CN(C)C(=O)c1cccc(S(=O)(=O)N2CCCC2)c1. The molecule has 0 aromatic heterocycles. The first-order chi connectivity index (χ1) is 11.2. The molecule has 0 unspecified atom stereocenters. The Morgan fingerprint density at radius 3 is 2.33 bits per heavy atom. The van der Waals surface area contributed by atoms with Gasteiger partial charge in [-0.1, -0.05) is 6.07 Å². The monoisotopic (exact) mass is 353 g/mol. The molecule has 0 atom stereocenters. The van der Waals surface area contributed by atoms with Crippen molar-refractivity contribution in [3.8, 4) is 0 Å². The number of amides is 2. The van der Waals surface area contributed by atoms with Gasteiger partial charge in [0.2, 0.25) is 15.9 Å². The molecule has 1 fully saturated rings. The van der Waals surface area contributed by atoms with Crippen molar-refractivity contribution in [3.63, 3.8) is 0 Å². The Morgan fingerprint density at radius 2 is 1.75 bits per heavy atom. The van der Waals surface area contributed by atoms with E-state index in [1.807, 2.05) is 0 Å². The summed E-state index contributed by atoms with van der Waals surface area (Å²) in [5.74, 6) is -0.588. The highest BCUT2D eigenvalue weighted by atomic mass is 32.2. The minimum atomic E-state index is -3.57. The summed E-state index contributed by atoms with van der Waals surface area (Å²) >= 11 is 0. The average Bonchev–Trinajstić information content (AvgIpc) is 3.09. The number of nitrogens with zero attached hydrogens (tertiary/aromatic N) is 3. The largest absolute Gasteiger partial charge is 0.347 e. The van der Waals surface area contributed by atoms with E-state index in [1.54, 1.807) is 26.2 Å². The molecule has 1 aliphatic heterocycles. The zero-order valence-corrected chi connectivity index (χ0v) is 15.0. The third kappa shape index (κ3) is 3.93. The molecule has 0 bridgehead atoms. The van der Waals surface area contributed by atoms with Crippen molar-refractivity contribution in [1.82, 2.24) is 14.1 Å². The van der Waals surface area contributed by atoms with Gasteiger partial charge < -0.3 is 9.80 Å². The predicted molar refractivity (Wildman–Crippen MR) is 90.1 cm³/mol. The summed E-state index contributed by atoms with van der Waals surface area (Å²) in [4.78, 5) is 27.0. The Labute approximate surface area is 142 Å². The first kappa shape index (κ1) is 18.4. The van der Waals surface area contributed by atoms with Gasteiger partial charge in [0.05, 0.1) is 11.4 Å². The lowest BCUT2D eigenvalue weighted by atomic mass is 10.2. The molecule has 8 heteroatoms. The van der Waals surface area contributed by atoms with E-state index in [9.17, 15) is 18.0 Å². The lowest BCUT2D eigenvalue weighted by Crippen LogP contribution is -2.37. The molecule has 0 aliphatic carbocycles. The highest BCUT2D eigenvalue weighted by molar-refractivity contribution is 7.89. The lowest BCUT2D eigenvalue weighted by Gasteiger charge is -2.20. The summed E-state index contributed by atoms with van der Waals surface area (Å²) in [5.41, 5.74) is 0.254. The molecule has 1 aromatic rings. The van der Waals surface area contributed by atoms with E-state index >= 15 is 0 Å². The van der Waals surface area contributed by atoms with Crippen LogP contribution in [-0.2, 0) is 14.8 Å². The maximum absolute atomic E-state index is 12.6. The van der Waals surface area contributed by atoms with E-state index in [0.29, 0.717) is 13.1 Å². The van der Waals surface area contributed by atoms with Crippen LogP contribution in [0.1, 0.15) is 23.2 Å². The second-order valence-electron chi connectivity index (χ2n) is 6.09. The van der Waals surface area contributed by atoms with Crippen LogP contribution in [0.15, 0.2) is 29.2 Å². The summed E-state index contributed by atoms with van der Waals surface area (Å²) in [6.45, 7) is 0.963. The van der Waals surface area contributed by atoms with Crippen LogP contribution in [0.4, 0.5) is 0 Å². The highest BCUT2D eigenvalue weighted by Gasteiger charge is 2.28. The van der Waals surface area contributed by atoms with Gasteiger partial charge in [-0.05, 0) is 31.0 Å². The predicted octanol–water partition coefficient (Wildman–Crippen LogP) is 0.631. The van der Waals surface area contributed by atoms with Crippen LogP contribution in [-0.4, -0.2) is 75.1 Å². The first-order valence-corrected chi connectivity index (χ1v) is 9.23. The molecule has 24 heavy (non-hydrogen) atoms. The fourth-order valence-electron chi connectivity index (χ4n) is 2.50. The van der Waals surface area contributed by atoms with Crippen LogP contribution < -0.4 is 0 Å². The lowest BCUT2D eigenvalue weighted by molar-refractivity contribution is -0.129. The van der Waals surface area contributed by atoms with E-state index in [-0.39, 0.29) is 28.8 Å². The summed E-state index contributed by atoms with van der Waals surface area (Å²) < 4.78 is 26.6. The molecular formula is C16H23N3O4S. The van der Waals surface area contributed by atoms with E-state index in [1.165, 1.54) is 33.3 Å². The van der Waals surface area contributed by atoms with E-state index in [0.717, 1.165) is 12.8 Å². The molecule has 2 rings (SSSR count). The molecule has 0 spiro atoms. The van der Waals surface area contributed by atoms with Gasteiger partial charge in [0.15, 0.2) is 0 Å². The molecule has 2 amide bonds. The molecule has 1 heterocycles. The van der Waals surface area contributed by atoms with Crippen molar-refractivity contribution in [2.75, 3.05) is 40.8 Å². The molecule has 1 aliphatic rings. The van der Waals surface area contributed by atoms with Crippen LogP contribution in [0.5, 0.6) is 0 Å². The van der Waals surface area contributed by atoms with Gasteiger partial charge in [0.25, 0.3) is 5.91 Å². The van der Waals surface area contributed by atoms with Gasteiger partial charge in [0.1, 0.15) is 0 Å². The Hall–Kier alpha value is -1.93. The maximum atomic E-state index is 12.6. The van der Waals surface area contributed by atoms with Crippen LogP contribution in [0.3, 0.4) is 0 Å². The standard InChI is InChI=1S/C16H23N3O4S/c1-17(2)15(20)12-18(3)16(21)13-7-6-8-14(11-13)24(22,23)19-9-4-5-10-19/h6-8,11H,4-5,9-10,12H2,1-3H3. The summed E-state index contributed by atoms with van der Waals surface area (Å²) in [6.07, 6.45) is 1.71. The van der Waals surface area contributed by atoms with Crippen molar-refractivity contribution in [3.05, 3.63) is 29.8 Å². The molecule has 1 saturated heterocycles. The molecule has 0 saturated carbocycles. The zero-order valence-electron chi connectivity index (χ0n) is 14.2. The quantitative estimate of drug-likeness (QED) is 0.778. The molecular weight excluding hydrogens is 330 g/mol. The first-order valence-electron chi connectivity index (χ1n) is 7.79. The summed E-state index contributed by atoms with van der Waals surface area (Å²) in [5, 5.41) is 0. The highest BCUT2D eigenvalue weighted by Crippen LogP contribution is 2.21. The Balaban J connectivity index is 2.20. The molecule has 0 radical (unpaired) electrons. The van der Waals surface area contributed by atoms with E-state index in [2.05, 4.69) is 0 Å². The molecule has 132 valence electrons. The molecule has 7 nitrogen and oxygen atoms in total. The number of likely N-dealkylation sites (N-methyl/N-ethyl adjacent to an activating group) is 2. The average molecular weight is 353 g/mol. The van der Waals surface area contributed by atoms with Crippen LogP contribution in [0.2, 0.25) is 0 Å². The fraction of sp³-hybridized carbons (Fsp3) is 0.500. The van der Waals surface area contributed by atoms with Crippen LogP contribution in [0, 0.1) is 0 Å². The van der Waals surface area contributed by atoms with Crippen molar-refractivity contribution in [1.29, 1.82) is 0 Å². The number of carbonyl (C=O) groups is 2. The fourth-order valence-corrected chi connectivity index (χ4v) is 4.07. The van der Waals surface area contributed by atoms with Gasteiger partial charge in [-0.15, -0.1) is 0 Å². The second-order valence-corrected chi connectivity index (χ2v) is 8.03. The summed E-state index contributed by atoms with van der Waals surface area (Å²) in [6, 6.07) is 5.99. The summed E-state index contributed by atoms with van der Waals surface area (Å²) in [7, 11) is 1.18. The zero-order chi connectivity index (χ0) is 17.9. The second kappa shape index (κ2) is 7.31. The van der Waals surface area contributed by atoms with Crippen LogP contribution in [0.25, 0.3) is 0 Å². The van der Waals surface area contributed by atoms with Gasteiger partial charge in [-0.2, -0.15) is 4.31 Å². The van der Waals surface area contributed by atoms with Crippen molar-refractivity contribution < 1.29 is 18.0 Å². The van der Waals surface area contributed by atoms with Gasteiger partial charge >= 0.3 is 0 Å². The minimum absolute atomic E-state index is 0.0606. The topological polar surface area (TPSA) is 78.0 Å². The Bertz CT molecular complexity index is 725. The van der Waals surface area contributed by atoms with Gasteiger partial charge in [-0.25, -0.2) is 8.42 Å². The van der Waals surface area contributed by atoms with Crippen molar-refractivity contribution in [2.45, 2.75) is 17.7 Å². The van der Waals surface area contributed by atoms with Gasteiger partial charge in [0, 0.05) is 39.8 Å². The third-order valence-corrected chi connectivity index (χ3v) is 5.90.